The Bertz CT molecular complexity index is 1150. The summed E-state index contributed by atoms with van der Waals surface area (Å²) in [7, 11) is 1.68. The van der Waals surface area contributed by atoms with Crippen LogP contribution in [0, 0.1) is 22.7 Å². The fourth-order valence-electron chi connectivity index (χ4n) is 7.63. The molecule has 1 aromatic rings. The van der Waals surface area contributed by atoms with Gasteiger partial charge < -0.3 is 15.2 Å². The number of amides is 2. The maximum Gasteiger partial charge on any atom is 0.322 e. The van der Waals surface area contributed by atoms with Crippen LogP contribution < -0.4 is 5.32 Å². The molecule has 5 aliphatic rings. The maximum absolute atomic E-state index is 13.6. The van der Waals surface area contributed by atoms with Crippen LogP contribution in [0.2, 0.25) is 5.02 Å². The minimum atomic E-state index is -0.742. The number of fused-ring (bicyclic) bond motifs is 1. The molecule has 2 N–H and O–H groups in total. The van der Waals surface area contributed by atoms with E-state index in [2.05, 4.69) is 38.2 Å². The van der Waals surface area contributed by atoms with Gasteiger partial charge in [0, 0.05) is 18.3 Å². The SMILES string of the molecule is COCCC1=CN(C23CCC(C(=O)O)(C2)[C@@H]3C)C(=O)N[C@@]1(C)c1ccc(C2CC(C(C)(C)C)C2)c(Cl)c1. The van der Waals surface area contributed by atoms with Gasteiger partial charge in [0.1, 0.15) is 0 Å². The Balaban J connectivity index is 1.44. The number of carbonyl (C=O) groups is 2. The maximum atomic E-state index is 13.6. The number of aliphatic carboxylic acids is 1. The fourth-order valence-corrected chi connectivity index (χ4v) is 7.96. The zero-order valence-electron chi connectivity index (χ0n) is 23.0. The second kappa shape index (κ2) is 8.74. The molecule has 202 valence electrons. The molecule has 1 aromatic carbocycles. The van der Waals surface area contributed by atoms with Crippen LogP contribution in [0.4, 0.5) is 4.79 Å². The molecule has 2 bridgehead atoms. The Morgan fingerprint density at radius 2 is 1.97 bits per heavy atom. The van der Waals surface area contributed by atoms with E-state index in [1.807, 2.05) is 26.1 Å². The second-order valence-electron chi connectivity index (χ2n) is 13.3. The Hall–Kier alpha value is -2.05. The van der Waals surface area contributed by atoms with Crippen LogP contribution in [0.25, 0.3) is 0 Å². The first-order valence-electron chi connectivity index (χ1n) is 13.6. The van der Waals surface area contributed by atoms with E-state index in [0.717, 1.165) is 29.0 Å². The third-order valence-corrected chi connectivity index (χ3v) is 11.0. The monoisotopic (exact) mass is 528 g/mol. The van der Waals surface area contributed by atoms with Gasteiger partial charge in [-0.25, -0.2) is 4.79 Å². The first kappa shape index (κ1) is 26.6. The topological polar surface area (TPSA) is 78.9 Å². The van der Waals surface area contributed by atoms with Crippen LogP contribution in [0.1, 0.15) is 90.2 Å². The summed E-state index contributed by atoms with van der Waals surface area (Å²) in [6.07, 6.45) is 6.76. The van der Waals surface area contributed by atoms with E-state index >= 15 is 0 Å². The molecule has 2 unspecified atom stereocenters. The highest BCUT2D eigenvalue weighted by atomic mass is 35.5. The predicted octanol–water partition coefficient (Wildman–Crippen LogP) is 6.68. The number of rotatable bonds is 7. The summed E-state index contributed by atoms with van der Waals surface area (Å²) >= 11 is 6.87. The number of carboxylic acid groups (broad SMARTS) is 1. The number of halogens is 1. The molecule has 37 heavy (non-hydrogen) atoms. The standard InChI is InChI=1S/C30H41ClN2O4/c1-18-29(25(34)35)10-11-30(18,17-29)33-16-21(9-12-37-6)28(5,32-26(33)36)20-7-8-23(24(31)15-20)19-13-22(14-19)27(2,3)4/h7-8,15-16,18-19,22H,9-14,17H2,1-6H3,(H,32,36)(H,34,35)/t18-,19?,22?,28-,29?,30?/m0/s1. The van der Waals surface area contributed by atoms with Crippen molar-refractivity contribution in [2.45, 2.75) is 90.1 Å². The summed E-state index contributed by atoms with van der Waals surface area (Å²) in [5, 5.41) is 13.9. The highest BCUT2D eigenvalue weighted by molar-refractivity contribution is 6.31. The number of ether oxygens (including phenoxy) is 1. The third kappa shape index (κ3) is 3.84. The van der Waals surface area contributed by atoms with Gasteiger partial charge in [-0.2, -0.15) is 0 Å². The van der Waals surface area contributed by atoms with Crippen LogP contribution in [-0.2, 0) is 15.1 Å². The average molecular weight is 529 g/mol. The molecular formula is C30H41ClN2O4. The van der Waals surface area contributed by atoms with Crippen molar-refractivity contribution < 1.29 is 19.4 Å². The summed E-state index contributed by atoms with van der Waals surface area (Å²) in [5.41, 5.74) is 1.61. The molecule has 0 spiro atoms. The molecule has 2 amide bonds. The van der Waals surface area contributed by atoms with Gasteiger partial charge in [0.15, 0.2) is 0 Å². The van der Waals surface area contributed by atoms with Crippen molar-refractivity contribution in [1.82, 2.24) is 10.2 Å². The molecule has 0 radical (unpaired) electrons. The van der Waals surface area contributed by atoms with Crippen molar-refractivity contribution in [3.8, 4) is 0 Å². The number of nitrogens with zero attached hydrogens (tertiary/aromatic N) is 1. The summed E-state index contributed by atoms with van der Waals surface area (Å²) in [6.45, 7) is 11.5. The lowest BCUT2D eigenvalue weighted by molar-refractivity contribution is -0.165. The molecule has 4 aliphatic carbocycles. The van der Waals surface area contributed by atoms with Gasteiger partial charge in [-0.05, 0) is 91.4 Å². The minimum Gasteiger partial charge on any atom is -0.481 e. The lowest BCUT2D eigenvalue weighted by atomic mass is 9.56. The number of carbonyl (C=O) groups excluding carboxylic acids is 1. The average Bonchev–Trinajstić information content (AvgIpc) is 3.33. The largest absolute Gasteiger partial charge is 0.481 e. The van der Waals surface area contributed by atoms with E-state index in [1.54, 1.807) is 12.0 Å². The van der Waals surface area contributed by atoms with E-state index in [-0.39, 0.29) is 11.9 Å². The van der Waals surface area contributed by atoms with Gasteiger partial charge in [-0.15, -0.1) is 0 Å². The first-order valence-corrected chi connectivity index (χ1v) is 14.0. The lowest BCUT2D eigenvalue weighted by Crippen LogP contribution is -2.68. The summed E-state index contributed by atoms with van der Waals surface area (Å²) in [5.74, 6) is 0.353. The zero-order valence-corrected chi connectivity index (χ0v) is 23.7. The number of hydrogen-bond donors (Lipinski definition) is 2. The van der Waals surface area contributed by atoms with Crippen molar-refractivity contribution in [2.75, 3.05) is 13.7 Å². The van der Waals surface area contributed by atoms with Gasteiger partial charge >= 0.3 is 12.0 Å². The van der Waals surface area contributed by atoms with Crippen molar-refractivity contribution >= 4 is 23.6 Å². The molecule has 6 nitrogen and oxygen atoms in total. The van der Waals surface area contributed by atoms with Crippen molar-refractivity contribution in [1.29, 1.82) is 0 Å². The third-order valence-electron chi connectivity index (χ3n) is 10.6. The number of benzene rings is 1. The number of methoxy groups -OCH3 is 1. The summed E-state index contributed by atoms with van der Waals surface area (Å²) in [4.78, 5) is 27.5. The lowest BCUT2D eigenvalue weighted by Gasteiger charge is -2.57. The van der Waals surface area contributed by atoms with Gasteiger partial charge in [0.25, 0.3) is 0 Å². The minimum absolute atomic E-state index is 0.0966. The van der Waals surface area contributed by atoms with Gasteiger partial charge in [0.2, 0.25) is 0 Å². The number of nitrogens with one attached hydrogen (secondary N) is 1. The van der Waals surface area contributed by atoms with Gasteiger partial charge in [-0.1, -0.05) is 51.4 Å². The zero-order chi connectivity index (χ0) is 27.0. The van der Waals surface area contributed by atoms with Crippen LogP contribution in [0.3, 0.4) is 0 Å². The molecule has 1 aliphatic heterocycles. The number of urea groups is 1. The smallest absolute Gasteiger partial charge is 0.322 e. The summed E-state index contributed by atoms with van der Waals surface area (Å²) in [6, 6.07) is 6.10. The van der Waals surface area contributed by atoms with Crippen LogP contribution in [0.5, 0.6) is 0 Å². The quantitative estimate of drug-likeness (QED) is 0.413. The second-order valence-corrected chi connectivity index (χ2v) is 13.7. The highest BCUT2D eigenvalue weighted by Gasteiger charge is 2.73. The van der Waals surface area contributed by atoms with Crippen LogP contribution in [-0.4, -0.2) is 41.3 Å². The fraction of sp³-hybridized carbons (Fsp3) is 0.667. The van der Waals surface area contributed by atoms with E-state index in [4.69, 9.17) is 16.3 Å². The van der Waals surface area contributed by atoms with E-state index in [1.165, 1.54) is 5.56 Å². The van der Waals surface area contributed by atoms with Gasteiger partial charge in [-0.3, -0.25) is 9.69 Å². The Morgan fingerprint density at radius 1 is 1.27 bits per heavy atom. The Kier molecular flexibility index (Phi) is 6.27. The van der Waals surface area contributed by atoms with Crippen LogP contribution in [0.15, 0.2) is 30.0 Å². The van der Waals surface area contributed by atoms with E-state index in [0.29, 0.717) is 49.5 Å². The molecule has 7 heteroatoms. The molecule has 0 aromatic heterocycles. The van der Waals surface area contributed by atoms with E-state index < -0.39 is 22.5 Å². The van der Waals surface area contributed by atoms with Crippen LogP contribution >= 0.6 is 11.6 Å². The predicted molar refractivity (Wildman–Crippen MR) is 144 cm³/mol. The molecular weight excluding hydrogens is 488 g/mol. The molecule has 6 rings (SSSR count). The first-order chi connectivity index (χ1) is 17.3. The molecule has 4 fully saturated rings. The van der Waals surface area contributed by atoms with Crippen molar-refractivity contribution in [2.24, 2.45) is 22.7 Å². The van der Waals surface area contributed by atoms with Gasteiger partial charge in [0.05, 0.1) is 23.1 Å². The highest BCUT2D eigenvalue weighted by Crippen LogP contribution is 2.68. The van der Waals surface area contributed by atoms with Crippen molar-refractivity contribution in [3.05, 3.63) is 46.1 Å². The number of hydrogen-bond acceptors (Lipinski definition) is 3. The van der Waals surface area contributed by atoms with E-state index in [9.17, 15) is 14.7 Å². The summed E-state index contributed by atoms with van der Waals surface area (Å²) < 4.78 is 5.42. The Labute approximate surface area is 225 Å². The number of carboxylic acids is 1. The molecule has 4 saturated carbocycles. The van der Waals surface area contributed by atoms with Crippen molar-refractivity contribution in [3.63, 3.8) is 0 Å². The molecule has 0 saturated heterocycles. The Morgan fingerprint density at radius 3 is 2.51 bits per heavy atom. The normalized spacial score (nSPS) is 36.9. The molecule has 4 atom stereocenters. The molecule has 1 heterocycles.